The molecule has 1 aliphatic rings. The molecule has 5 nitrogen and oxygen atoms in total. The molecule has 0 bridgehead atoms. The van der Waals surface area contributed by atoms with Gasteiger partial charge in [-0.1, -0.05) is 18.2 Å². The molecule has 2 N–H and O–H groups in total. The zero-order valence-corrected chi connectivity index (χ0v) is 18.2. The van der Waals surface area contributed by atoms with Crippen LogP contribution in [0.1, 0.15) is 12.0 Å². The average Bonchev–Trinajstić information content (AvgIpc) is 3.13. The Morgan fingerprint density at radius 3 is 2.61 bits per heavy atom. The van der Waals surface area contributed by atoms with E-state index in [9.17, 15) is 8.78 Å². The first-order valence-electron chi connectivity index (χ1n) is 8.89. The highest BCUT2D eigenvalue weighted by molar-refractivity contribution is 14.0. The third-order valence-electron chi connectivity index (χ3n) is 4.60. The largest absolute Gasteiger partial charge is 0.497 e. The van der Waals surface area contributed by atoms with Gasteiger partial charge in [-0.3, -0.25) is 4.99 Å². The minimum absolute atomic E-state index is 0. The standard InChI is InChI=1S/C20H24F2N4O.HI/c1-23-20(24-12-14-5-3-6-16(11-14)27-2)25-15-9-10-26(13-15)19-17(21)7-4-8-18(19)22;/h3-8,11,15H,9-10,12-13H2,1-2H3,(H2,23,24,25);1H. The molecule has 2 aromatic carbocycles. The molecule has 1 atom stereocenters. The number of ether oxygens (including phenoxy) is 1. The van der Waals surface area contributed by atoms with Crippen molar-refractivity contribution in [2.45, 2.75) is 19.0 Å². The van der Waals surface area contributed by atoms with Gasteiger partial charge in [-0.05, 0) is 36.2 Å². The van der Waals surface area contributed by atoms with Gasteiger partial charge in [-0.15, -0.1) is 24.0 Å². The summed E-state index contributed by atoms with van der Waals surface area (Å²) < 4.78 is 33.2. The maximum absolute atomic E-state index is 14.0. The van der Waals surface area contributed by atoms with Gasteiger partial charge < -0.3 is 20.3 Å². The van der Waals surface area contributed by atoms with E-state index in [0.717, 1.165) is 17.7 Å². The number of para-hydroxylation sites is 1. The quantitative estimate of drug-likeness (QED) is 0.373. The van der Waals surface area contributed by atoms with Gasteiger partial charge in [0, 0.05) is 32.7 Å². The van der Waals surface area contributed by atoms with Crippen LogP contribution in [0.15, 0.2) is 47.5 Å². The Hall–Kier alpha value is -2.10. The topological polar surface area (TPSA) is 48.9 Å². The van der Waals surface area contributed by atoms with E-state index in [1.54, 1.807) is 19.1 Å². The molecule has 0 spiro atoms. The summed E-state index contributed by atoms with van der Waals surface area (Å²) in [6, 6.07) is 11.8. The summed E-state index contributed by atoms with van der Waals surface area (Å²) in [5.41, 5.74) is 1.11. The zero-order valence-electron chi connectivity index (χ0n) is 15.9. The van der Waals surface area contributed by atoms with Gasteiger partial charge in [0.15, 0.2) is 5.96 Å². The van der Waals surface area contributed by atoms with Crippen molar-refractivity contribution >= 4 is 35.6 Å². The molecule has 0 amide bonds. The Morgan fingerprint density at radius 1 is 1.21 bits per heavy atom. The van der Waals surface area contributed by atoms with Crippen LogP contribution in [0.4, 0.5) is 14.5 Å². The number of nitrogens with one attached hydrogen (secondary N) is 2. The summed E-state index contributed by atoms with van der Waals surface area (Å²) in [6.45, 7) is 1.69. The van der Waals surface area contributed by atoms with Crippen LogP contribution >= 0.6 is 24.0 Å². The molecule has 1 aliphatic heterocycles. The molecule has 0 saturated carbocycles. The van der Waals surface area contributed by atoms with Crippen molar-refractivity contribution in [2.24, 2.45) is 4.99 Å². The molecule has 0 aliphatic carbocycles. The smallest absolute Gasteiger partial charge is 0.191 e. The Bertz CT molecular complexity index is 798. The molecule has 0 radical (unpaired) electrons. The van der Waals surface area contributed by atoms with Crippen molar-refractivity contribution in [1.82, 2.24) is 10.6 Å². The third-order valence-corrected chi connectivity index (χ3v) is 4.60. The van der Waals surface area contributed by atoms with Gasteiger partial charge in [0.2, 0.25) is 0 Å². The van der Waals surface area contributed by atoms with Gasteiger partial charge in [0.1, 0.15) is 23.1 Å². The molecule has 3 rings (SSSR count). The number of methoxy groups -OCH3 is 1. The average molecular weight is 502 g/mol. The molecule has 2 aromatic rings. The molecule has 8 heteroatoms. The van der Waals surface area contributed by atoms with Gasteiger partial charge in [0.25, 0.3) is 0 Å². The molecule has 152 valence electrons. The lowest BCUT2D eigenvalue weighted by molar-refractivity contribution is 0.414. The minimum Gasteiger partial charge on any atom is -0.497 e. The summed E-state index contributed by atoms with van der Waals surface area (Å²) in [6.07, 6.45) is 0.771. The Labute approximate surface area is 181 Å². The van der Waals surface area contributed by atoms with E-state index in [2.05, 4.69) is 15.6 Å². The van der Waals surface area contributed by atoms with E-state index in [1.807, 2.05) is 24.3 Å². The number of hydrogen-bond acceptors (Lipinski definition) is 3. The second-order valence-electron chi connectivity index (χ2n) is 6.42. The molecule has 28 heavy (non-hydrogen) atoms. The van der Waals surface area contributed by atoms with Crippen LogP contribution in [0.25, 0.3) is 0 Å². The maximum Gasteiger partial charge on any atom is 0.191 e. The number of hydrogen-bond donors (Lipinski definition) is 2. The fourth-order valence-corrected chi connectivity index (χ4v) is 3.23. The summed E-state index contributed by atoms with van der Waals surface area (Å²) in [5, 5.41) is 6.58. The van der Waals surface area contributed by atoms with E-state index in [4.69, 9.17) is 4.74 Å². The van der Waals surface area contributed by atoms with Crippen LogP contribution < -0.4 is 20.3 Å². The normalized spacial score (nSPS) is 16.5. The summed E-state index contributed by atoms with van der Waals surface area (Å²) in [7, 11) is 3.33. The molecule has 1 unspecified atom stereocenters. The van der Waals surface area contributed by atoms with Crippen molar-refractivity contribution in [3.63, 3.8) is 0 Å². The van der Waals surface area contributed by atoms with Crippen LogP contribution in [0, 0.1) is 11.6 Å². The van der Waals surface area contributed by atoms with Gasteiger partial charge in [-0.25, -0.2) is 8.78 Å². The zero-order chi connectivity index (χ0) is 19.2. The Balaban J connectivity index is 0.00000280. The summed E-state index contributed by atoms with van der Waals surface area (Å²) >= 11 is 0. The highest BCUT2D eigenvalue weighted by atomic mass is 127. The lowest BCUT2D eigenvalue weighted by atomic mass is 10.2. The fourth-order valence-electron chi connectivity index (χ4n) is 3.23. The fraction of sp³-hybridized carbons (Fsp3) is 0.350. The lowest BCUT2D eigenvalue weighted by Crippen LogP contribution is -2.44. The van der Waals surface area contributed by atoms with Crippen LogP contribution in [-0.2, 0) is 6.54 Å². The van der Waals surface area contributed by atoms with E-state index >= 15 is 0 Å². The molecule has 1 fully saturated rings. The van der Waals surface area contributed by atoms with E-state index in [1.165, 1.54) is 18.2 Å². The number of nitrogens with zero attached hydrogens (tertiary/aromatic N) is 2. The van der Waals surface area contributed by atoms with Crippen molar-refractivity contribution in [3.05, 3.63) is 59.7 Å². The second kappa shape index (κ2) is 10.4. The molecule has 1 saturated heterocycles. The number of benzene rings is 2. The Kier molecular flexibility index (Phi) is 8.28. The van der Waals surface area contributed by atoms with Crippen molar-refractivity contribution in [3.8, 4) is 5.75 Å². The predicted octanol–water partition coefficient (Wildman–Crippen LogP) is 3.54. The summed E-state index contributed by atoms with van der Waals surface area (Å²) in [4.78, 5) is 5.97. The number of anilines is 1. The van der Waals surface area contributed by atoms with Gasteiger partial charge >= 0.3 is 0 Å². The van der Waals surface area contributed by atoms with Crippen molar-refractivity contribution in [1.29, 1.82) is 0 Å². The molecule has 0 aromatic heterocycles. The van der Waals surface area contributed by atoms with E-state index in [0.29, 0.717) is 25.6 Å². The Morgan fingerprint density at radius 2 is 1.93 bits per heavy atom. The van der Waals surface area contributed by atoms with Crippen LogP contribution in [-0.4, -0.2) is 39.2 Å². The molecular formula is C20H25F2IN4O. The number of rotatable bonds is 5. The first kappa shape index (κ1) is 22.2. The van der Waals surface area contributed by atoms with Crippen molar-refractivity contribution in [2.75, 3.05) is 32.1 Å². The number of halogens is 3. The monoisotopic (exact) mass is 502 g/mol. The highest BCUT2D eigenvalue weighted by Gasteiger charge is 2.27. The first-order chi connectivity index (χ1) is 13.1. The third kappa shape index (κ3) is 5.46. The van der Waals surface area contributed by atoms with E-state index < -0.39 is 11.6 Å². The van der Waals surface area contributed by atoms with Gasteiger partial charge in [-0.2, -0.15) is 0 Å². The van der Waals surface area contributed by atoms with Crippen LogP contribution in [0.3, 0.4) is 0 Å². The predicted molar refractivity (Wildman–Crippen MR) is 119 cm³/mol. The highest BCUT2D eigenvalue weighted by Crippen LogP contribution is 2.26. The summed E-state index contributed by atoms with van der Waals surface area (Å²) in [5.74, 6) is 0.390. The lowest BCUT2D eigenvalue weighted by Gasteiger charge is -2.21. The van der Waals surface area contributed by atoms with E-state index in [-0.39, 0.29) is 35.7 Å². The maximum atomic E-state index is 14.0. The van der Waals surface area contributed by atoms with Crippen LogP contribution in [0.5, 0.6) is 5.75 Å². The molecular weight excluding hydrogens is 477 g/mol. The second-order valence-corrected chi connectivity index (χ2v) is 6.42. The SMILES string of the molecule is CN=C(NCc1cccc(OC)c1)NC1CCN(c2c(F)cccc2F)C1.I. The minimum atomic E-state index is -0.531. The number of aliphatic imine (C=N–C) groups is 1. The van der Waals surface area contributed by atoms with Gasteiger partial charge in [0.05, 0.1) is 7.11 Å². The first-order valence-corrected chi connectivity index (χ1v) is 8.89. The number of guanidine groups is 1. The van der Waals surface area contributed by atoms with Crippen LogP contribution in [0.2, 0.25) is 0 Å². The molecule has 1 heterocycles. The van der Waals surface area contributed by atoms with Crippen molar-refractivity contribution < 1.29 is 13.5 Å².